The van der Waals surface area contributed by atoms with Gasteiger partial charge >= 0.3 is 5.91 Å². The molecule has 26 heavy (non-hydrogen) atoms. The molecule has 0 aliphatic rings. The van der Waals surface area contributed by atoms with Crippen LogP contribution in [0.15, 0.2) is 46.6 Å². The Morgan fingerprint density at radius 2 is 2.00 bits per heavy atom. The Morgan fingerprint density at radius 1 is 1.23 bits per heavy atom. The minimum Gasteiger partial charge on any atom is -0.493 e. The normalized spacial score (nSPS) is 11.4. The predicted molar refractivity (Wildman–Crippen MR) is 101 cm³/mol. The summed E-state index contributed by atoms with van der Waals surface area (Å²) in [6, 6.07) is 10.4. The molecule has 0 aliphatic heterocycles. The third-order valence-electron chi connectivity index (χ3n) is 3.80. The Hall–Kier alpha value is -2.57. The lowest BCUT2D eigenvalue weighted by Crippen LogP contribution is -2.08. The van der Waals surface area contributed by atoms with Gasteiger partial charge in [-0.25, -0.2) is 0 Å². The number of rotatable bonds is 4. The van der Waals surface area contributed by atoms with E-state index < -0.39 is 5.91 Å². The van der Waals surface area contributed by atoms with Gasteiger partial charge in [0.05, 0.1) is 10.5 Å². The number of halogens is 2. The average Bonchev–Trinajstić information content (AvgIpc) is 2.82. The van der Waals surface area contributed by atoms with E-state index in [2.05, 4.69) is 10.2 Å². The first-order valence-electron chi connectivity index (χ1n) is 7.67. The molecule has 0 unspecified atom stereocenters. The summed E-state index contributed by atoms with van der Waals surface area (Å²) in [5.41, 5.74) is 2.04. The molecule has 8 heteroatoms. The molecular formula is C18H15Cl2N3O3. The van der Waals surface area contributed by atoms with Crippen LogP contribution in [-0.2, 0) is 11.8 Å². The van der Waals surface area contributed by atoms with E-state index in [0.29, 0.717) is 21.2 Å². The van der Waals surface area contributed by atoms with Gasteiger partial charge in [-0.2, -0.15) is 0 Å². The molecule has 0 radical (unpaired) electrons. The summed E-state index contributed by atoms with van der Waals surface area (Å²) in [5.74, 6) is -0.355. The van der Waals surface area contributed by atoms with Crippen LogP contribution in [0.3, 0.4) is 0 Å². The number of carbonyl (C=O) groups excluding carboxylic acids is 1. The van der Waals surface area contributed by atoms with Crippen LogP contribution in [0.25, 0.3) is 10.9 Å². The van der Waals surface area contributed by atoms with Crippen molar-refractivity contribution in [3.63, 3.8) is 0 Å². The van der Waals surface area contributed by atoms with Gasteiger partial charge < -0.3 is 14.4 Å². The Kier molecular flexibility index (Phi) is 5.15. The van der Waals surface area contributed by atoms with Crippen molar-refractivity contribution in [3.05, 3.63) is 52.0 Å². The maximum Gasteiger partial charge on any atom is 0.302 e. The zero-order chi connectivity index (χ0) is 18.8. The van der Waals surface area contributed by atoms with Crippen LogP contribution in [0, 0.1) is 6.92 Å². The summed E-state index contributed by atoms with van der Waals surface area (Å²) in [5, 5.41) is 19.3. The summed E-state index contributed by atoms with van der Waals surface area (Å²) < 4.78 is 6.90. The molecule has 3 rings (SSSR count). The van der Waals surface area contributed by atoms with Gasteiger partial charge in [-0.05, 0) is 37.3 Å². The van der Waals surface area contributed by atoms with Gasteiger partial charge in [-0.3, -0.25) is 4.79 Å². The monoisotopic (exact) mass is 391 g/mol. The lowest BCUT2D eigenvalue weighted by Gasteiger charge is -2.05. The van der Waals surface area contributed by atoms with Crippen LogP contribution in [0.4, 0.5) is 5.69 Å². The van der Waals surface area contributed by atoms with Crippen molar-refractivity contribution >= 4 is 45.7 Å². The lowest BCUT2D eigenvalue weighted by atomic mass is 10.1. The van der Waals surface area contributed by atoms with E-state index in [0.717, 1.165) is 11.1 Å². The van der Waals surface area contributed by atoms with Gasteiger partial charge in [0.25, 0.3) is 0 Å². The number of carbonyl (C=O) groups is 1. The third kappa shape index (κ3) is 3.66. The highest BCUT2D eigenvalue weighted by atomic mass is 35.5. The van der Waals surface area contributed by atoms with Crippen molar-refractivity contribution in [2.24, 2.45) is 17.3 Å². The number of hydrogen-bond acceptors (Lipinski definition) is 4. The Labute approximate surface area is 159 Å². The summed E-state index contributed by atoms with van der Waals surface area (Å²) in [4.78, 5) is 11.9. The van der Waals surface area contributed by atoms with Gasteiger partial charge in [-0.15, -0.1) is 10.2 Å². The highest BCUT2D eigenvalue weighted by molar-refractivity contribution is 6.35. The van der Waals surface area contributed by atoms with Gasteiger partial charge in [0.2, 0.25) is 5.88 Å². The van der Waals surface area contributed by atoms with Crippen LogP contribution in [-0.4, -0.2) is 22.2 Å². The second-order valence-corrected chi connectivity index (χ2v) is 6.55. The number of nitrogens with zero attached hydrogens (tertiary/aromatic N) is 3. The number of hydrogen-bond donors (Lipinski definition) is 1. The number of fused-ring (bicyclic) bond motifs is 1. The van der Waals surface area contributed by atoms with Crippen LogP contribution >= 0.6 is 23.2 Å². The highest BCUT2D eigenvalue weighted by Gasteiger charge is 2.15. The molecule has 0 atom stereocenters. The van der Waals surface area contributed by atoms with Crippen molar-refractivity contribution in [1.29, 1.82) is 0 Å². The number of azo groups is 1. The Balaban J connectivity index is 1.77. The van der Waals surface area contributed by atoms with Crippen molar-refractivity contribution in [1.82, 2.24) is 4.57 Å². The summed E-state index contributed by atoms with van der Waals surface area (Å²) in [6.07, 6.45) is 0. The number of aromatic nitrogens is 1. The molecule has 1 N–H and O–H groups in total. The van der Waals surface area contributed by atoms with Crippen LogP contribution < -0.4 is 4.74 Å². The average molecular weight is 392 g/mol. The molecule has 0 saturated carbocycles. The Bertz CT molecular complexity index is 1030. The molecule has 1 amide bonds. The molecule has 3 aromatic rings. The molecule has 0 bridgehead atoms. The molecule has 2 aromatic carbocycles. The smallest absolute Gasteiger partial charge is 0.302 e. The standard InChI is InChI=1S/C18H15Cl2N3O3/c1-10-3-5-14-12(7-10)17(18(25)23(14)2)22-21-16(24)9-26-15-6-4-11(19)8-13(15)20/h3-8,25H,9H2,1-2H3. The molecular weight excluding hydrogens is 377 g/mol. The fourth-order valence-corrected chi connectivity index (χ4v) is 2.95. The molecule has 1 heterocycles. The van der Waals surface area contributed by atoms with Crippen LogP contribution in [0.1, 0.15) is 5.56 Å². The molecule has 0 aliphatic carbocycles. The molecule has 0 fully saturated rings. The van der Waals surface area contributed by atoms with E-state index in [-0.39, 0.29) is 18.2 Å². The third-order valence-corrected chi connectivity index (χ3v) is 4.34. The minimum atomic E-state index is -0.611. The summed E-state index contributed by atoms with van der Waals surface area (Å²) >= 11 is 11.8. The first kappa shape index (κ1) is 18.2. The van der Waals surface area contributed by atoms with Crippen LogP contribution in [0.2, 0.25) is 10.0 Å². The van der Waals surface area contributed by atoms with Crippen LogP contribution in [0.5, 0.6) is 11.6 Å². The van der Waals surface area contributed by atoms with Crippen molar-refractivity contribution < 1.29 is 14.6 Å². The van der Waals surface area contributed by atoms with E-state index in [4.69, 9.17) is 27.9 Å². The van der Waals surface area contributed by atoms with Crippen molar-refractivity contribution in [2.75, 3.05) is 6.61 Å². The maximum absolute atomic E-state index is 11.9. The van der Waals surface area contributed by atoms with Crippen molar-refractivity contribution in [2.45, 2.75) is 6.92 Å². The summed E-state index contributed by atoms with van der Waals surface area (Å²) in [7, 11) is 1.71. The van der Waals surface area contributed by atoms with Gasteiger partial charge in [0, 0.05) is 17.5 Å². The number of benzene rings is 2. The van der Waals surface area contributed by atoms with E-state index in [1.165, 1.54) is 6.07 Å². The topological polar surface area (TPSA) is 76.2 Å². The molecule has 0 spiro atoms. The first-order valence-corrected chi connectivity index (χ1v) is 8.43. The molecule has 134 valence electrons. The van der Waals surface area contributed by atoms with E-state index >= 15 is 0 Å². The lowest BCUT2D eigenvalue weighted by molar-refractivity contribution is -0.120. The van der Waals surface area contributed by atoms with Gasteiger partial charge in [-0.1, -0.05) is 34.8 Å². The van der Waals surface area contributed by atoms with Gasteiger partial charge in [0.1, 0.15) is 5.75 Å². The maximum atomic E-state index is 11.9. The zero-order valence-corrected chi connectivity index (χ0v) is 15.5. The van der Waals surface area contributed by atoms with E-state index in [1.807, 2.05) is 25.1 Å². The van der Waals surface area contributed by atoms with E-state index in [1.54, 1.807) is 23.7 Å². The predicted octanol–water partition coefficient (Wildman–Crippen LogP) is 5.19. The second-order valence-electron chi connectivity index (χ2n) is 5.71. The first-order chi connectivity index (χ1) is 12.4. The number of amides is 1. The van der Waals surface area contributed by atoms with Crippen molar-refractivity contribution in [3.8, 4) is 11.6 Å². The fourth-order valence-electron chi connectivity index (χ4n) is 2.49. The highest BCUT2D eigenvalue weighted by Crippen LogP contribution is 2.38. The Morgan fingerprint density at radius 3 is 2.73 bits per heavy atom. The number of aryl methyl sites for hydroxylation is 2. The summed E-state index contributed by atoms with van der Waals surface area (Å²) in [6.45, 7) is 1.59. The fraction of sp³-hybridized carbons (Fsp3) is 0.167. The molecule has 1 aromatic heterocycles. The van der Waals surface area contributed by atoms with Gasteiger partial charge in [0.15, 0.2) is 12.3 Å². The minimum absolute atomic E-state index is 0.0659. The zero-order valence-electron chi connectivity index (χ0n) is 14.0. The second kappa shape index (κ2) is 7.35. The molecule has 0 saturated heterocycles. The van der Waals surface area contributed by atoms with E-state index in [9.17, 15) is 9.90 Å². The number of ether oxygens (including phenoxy) is 1. The largest absolute Gasteiger partial charge is 0.493 e. The SMILES string of the molecule is Cc1ccc2c(c1)c(N=NC(=O)COc1ccc(Cl)cc1Cl)c(O)n2C. The number of aromatic hydroxyl groups is 1. The molecule has 6 nitrogen and oxygen atoms in total. The quantitative estimate of drug-likeness (QED) is 0.621.